The third kappa shape index (κ3) is 5.40. The van der Waals surface area contributed by atoms with Gasteiger partial charge in [-0.05, 0) is 56.5 Å². The Morgan fingerprint density at radius 1 is 1.07 bits per heavy atom. The lowest BCUT2D eigenvalue weighted by Gasteiger charge is -2.24. The maximum absolute atomic E-state index is 13.2. The zero-order valence-electron chi connectivity index (χ0n) is 15.5. The molecule has 146 valence electrons. The van der Waals surface area contributed by atoms with Crippen LogP contribution < -0.4 is 9.04 Å². The van der Waals surface area contributed by atoms with Gasteiger partial charge in [-0.2, -0.15) is 0 Å². The van der Waals surface area contributed by atoms with E-state index in [1.54, 1.807) is 43.3 Å². The largest absolute Gasteiger partial charge is 0.494 e. The standard InChI is InChI=1S/C19H23NO5S2/c1-4-24-16-8-6-7-15(13-16)20(14-19(21)25-5-2)27(22,23)18-11-9-17(26-3)10-12-18/h6-13H,4-5,14H2,1-3H3. The Bertz CT molecular complexity index is 866. The molecule has 0 N–H and O–H groups in total. The molecule has 0 aliphatic carbocycles. The Labute approximate surface area is 164 Å². The summed E-state index contributed by atoms with van der Waals surface area (Å²) in [6, 6.07) is 13.2. The second-order valence-corrected chi connectivity index (χ2v) is 8.16. The van der Waals surface area contributed by atoms with E-state index in [4.69, 9.17) is 9.47 Å². The van der Waals surface area contributed by atoms with Crippen molar-refractivity contribution in [2.75, 3.05) is 30.3 Å². The number of hydrogen-bond donors (Lipinski definition) is 0. The molecule has 0 unspecified atom stereocenters. The molecule has 2 aromatic carbocycles. The van der Waals surface area contributed by atoms with Crippen LogP contribution in [0.3, 0.4) is 0 Å². The maximum Gasteiger partial charge on any atom is 0.326 e. The average molecular weight is 410 g/mol. The molecule has 0 fully saturated rings. The molecule has 0 spiro atoms. The maximum atomic E-state index is 13.2. The van der Waals surface area contributed by atoms with Crippen LogP contribution in [0.1, 0.15) is 13.8 Å². The number of carbonyl (C=O) groups is 1. The quantitative estimate of drug-likeness (QED) is 0.466. The minimum Gasteiger partial charge on any atom is -0.494 e. The zero-order chi connectivity index (χ0) is 19.9. The Morgan fingerprint density at radius 2 is 1.78 bits per heavy atom. The Balaban J connectivity index is 2.47. The van der Waals surface area contributed by atoms with E-state index >= 15 is 0 Å². The van der Waals surface area contributed by atoms with Crippen molar-refractivity contribution >= 4 is 33.4 Å². The normalized spacial score (nSPS) is 11.1. The number of benzene rings is 2. The van der Waals surface area contributed by atoms with Crippen LogP contribution in [0.15, 0.2) is 58.3 Å². The summed E-state index contributed by atoms with van der Waals surface area (Å²) in [5.74, 6) is -0.0968. The minimum absolute atomic E-state index is 0.103. The molecule has 0 bridgehead atoms. The highest BCUT2D eigenvalue weighted by Crippen LogP contribution is 2.28. The van der Waals surface area contributed by atoms with Gasteiger partial charge < -0.3 is 9.47 Å². The van der Waals surface area contributed by atoms with Gasteiger partial charge >= 0.3 is 5.97 Å². The first kappa shape index (κ1) is 21.1. The number of ether oxygens (including phenoxy) is 2. The number of esters is 1. The van der Waals surface area contributed by atoms with Gasteiger partial charge in [0.25, 0.3) is 10.0 Å². The highest BCUT2D eigenvalue weighted by Gasteiger charge is 2.28. The Hall–Kier alpha value is -2.19. The number of rotatable bonds is 9. The van der Waals surface area contributed by atoms with Gasteiger partial charge in [-0.1, -0.05) is 6.07 Å². The van der Waals surface area contributed by atoms with Crippen LogP contribution in [0.2, 0.25) is 0 Å². The predicted octanol–water partition coefficient (Wildman–Crippen LogP) is 3.57. The van der Waals surface area contributed by atoms with E-state index in [1.807, 2.05) is 13.2 Å². The highest BCUT2D eigenvalue weighted by atomic mass is 32.2. The minimum atomic E-state index is -3.96. The lowest BCUT2D eigenvalue weighted by molar-refractivity contribution is -0.141. The van der Waals surface area contributed by atoms with Gasteiger partial charge in [0.2, 0.25) is 0 Å². The second-order valence-electron chi connectivity index (χ2n) is 5.42. The number of sulfonamides is 1. The lowest BCUT2D eigenvalue weighted by atomic mass is 10.3. The number of carbonyl (C=O) groups excluding carboxylic acids is 1. The van der Waals surface area contributed by atoms with Gasteiger partial charge in [-0.15, -0.1) is 11.8 Å². The summed E-state index contributed by atoms with van der Waals surface area (Å²) in [5.41, 5.74) is 0.336. The molecule has 2 rings (SSSR count). The average Bonchev–Trinajstić information content (AvgIpc) is 2.67. The van der Waals surface area contributed by atoms with E-state index in [-0.39, 0.29) is 11.5 Å². The first-order chi connectivity index (χ1) is 12.9. The molecule has 0 aliphatic heterocycles. The van der Waals surface area contributed by atoms with Crippen molar-refractivity contribution in [1.29, 1.82) is 0 Å². The van der Waals surface area contributed by atoms with Crippen molar-refractivity contribution in [2.24, 2.45) is 0 Å². The third-order valence-electron chi connectivity index (χ3n) is 3.64. The predicted molar refractivity (Wildman–Crippen MR) is 107 cm³/mol. The fourth-order valence-electron chi connectivity index (χ4n) is 2.41. The van der Waals surface area contributed by atoms with Gasteiger partial charge in [0, 0.05) is 11.0 Å². The highest BCUT2D eigenvalue weighted by molar-refractivity contribution is 7.98. The smallest absolute Gasteiger partial charge is 0.326 e. The zero-order valence-corrected chi connectivity index (χ0v) is 17.2. The molecular weight excluding hydrogens is 386 g/mol. The van der Waals surface area contributed by atoms with Gasteiger partial charge in [0.15, 0.2) is 0 Å². The van der Waals surface area contributed by atoms with E-state index in [1.165, 1.54) is 23.9 Å². The Morgan fingerprint density at radius 3 is 2.37 bits per heavy atom. The van der Waals surface area contributed by atoms with E-state index in [9.17, 15) is 13.2 Å². The van der Waals surface area contributed by atoms with Crippen molar-refractivity contribution in [2.45, 2.75) is 23.6 Å². The van der Waals surface area contributed by atoms with Crippen molar-refractivity contribution in [3.63, 3.8) is 0 Å². The summed E-state index contributed by atoms with van der Waals surface area (Å²) in [6.45, 7) is 3.72. The van der Waals surface area contributed by atoms with Gasteiger partial charge in [0.1, 0.15) is 12.3 Å². The van der Waals surface area contributed by atoms with Crippen molar-refractivity contribution in [3.8, 4) is 5.75 Å². The van der Waals surface area contributed by atoms with Crippen LogP contribution in [-0.2, 0) is 19.6 Å². The van der Waals surface area contributed by atoms with E-state index < -0.39 is 22.5 Å². The topological polar surface area (TPSA) is 72.9 Å². The van der Waals surface area contributed by atoms with Crippen LogP contribution in [0.4, 0.5) is 5.69 Å². The van der Waals surface area contributed by atoms with Crippen LogP contribution in [0, 0.1) is 0 Å². The molecule has 0 atom stereocenters. The van der Waals surface area contributed by atoms with E-state index in [0.717, 1.165) is 9.20 Å². The molecule has 27 heavy (non-hydrogen) atoms. The van der Waals surface area contributed by atoms with Crippen LogP contribution in [0.25, 0.3) is 0 Å². The lowest BCUT2D eigenvalue weighted by Crippen LogP contribution is -2.36. The second kappa shape index (κ2) is 9.66. The molecule has 0 amide bonds. The fraction of sp³-hybridized carbons (Fsp3) is 0.316. The summed E-state index contributed by atoms with van der Waals surface area (Å²) < 4.78 is 37.9. The number of nitrogens with zero attached hydrogens (tertiary/aromatic N) is 1. The summed E-state index contributed by atoms with van der Waals surface area (Å²) in [4.78, 5) is 13.1. The summed E-state index contributed by atoms with van der Waals surface area (Å²) in [6.07, 6.45) is 1.91. The molecule has 6 nitrogen and oxygen atoms in total. The first-order valence-corrected chi connectivity index (χ1v) is 11.1. The number of thioether (sulfide) groups is 1. The fourth-order valence-corrected chi connectivity index (χ4v) is 4.22. The molecular formula is C19H23NO5S2. The van der Waals surface area contributed by atoms with Crippen molar-refractivity contribution < 1.29 is 22.7 Å². The van der Waals surface area contributed by atoms with Gasteiger partial charge in [-0.3, -0.25) is 9.10 Å². The van der Waals surface area contributed by atoms with Crippen LogP contribution >= 0.6 is 11.8 Å². The van der Waals surface area contributed by atoms with Gasteiger partial charge in [-0.25, -0.2) is 8.42 Å². The van der Waals surface area contributed by atoms with Crippen LogP contribution in [0.5, 0.6) is 5.75 Å². The van der Waals surface area contributed by atoms with Crippen molar-refractivity contribution in [3.05, 3.63) is 48.5 Å². The molecule has 0 heterocycles. The molecule has 0 aromatic heterocycles. The van der Waals surface area contributed by atoms with E-state index in [2.05, 4.69) is 0 Å². The van der Waals surface area contributed by atoms with Crippen molar-refractivity contribution in [1.82, 2.24) is 0 Å². The molecule has 8 heteroatoms. The summed E-state index contributed by atoms with van der Waals surface area (Å²) in [5, 5.41) is 0. The van der Waals surface area contributed by atoms with Gasteiger partial charge in [0.05, 0.1) is 23.8 Å². The summed E-state index contributed by atoms with van der Waals surface area (Å²) >= 11 is 1.52. The first-order valence-electron chi connectivity index (χ1n) is 8.47. The molecule has 0 saturated heterocycles. The molecule has 0 radical (unpaired) electrons. The number of anilines is 1. The van der Waals surface area contributed by atoms with E-state index in [0.29, 0.717) is 18.0 Å². The monoisotopic (exact) mass is 409 g/mol. The number of hydrogen-bond acceptors (Lipinski definition) is 6. The Kier molecular flexibility index (Phi) is 7.55. The summed E-state index contributed by atoms with van der Waals surface area (Å²) in [7, 11) is -3.96. The SMILES string of the molecule is CCOC(=O)CN(c1cccc(OCC)c1)S(=O)(=O)c1ccc(SC)cc1. The molecule has 2 aromatic rings. The molecule has 0 saturated carbocycles. The third-order valence-corrected chi connectivity index (χ3v) is 6.17. The van der Waals surface area contributed by atoms with Crippen LogP contribution in [-0.4, -0.2) is 40.4 Å². The molecule has 0 aliphatic rings.